The summed E-state index contributed by atoms with van der Waals surface area (Å²) in [6.07, 6.45) is 0.539. The first-order chi connectivity index (χ1) is 9.51. The lowest BCUT2D eigenvalue weighted by Gasteiger charge is -2.32. The van der Waals surface area contributed by atoms with E-state index in [0.717, 1.165) is 43.3 Å². The van der Waals surface area contributed by atoms with E-state index < -0.39 is 12.1 Å². The van der Waals surface area contributed by atoms with Crippen molar-refractivity contribution >= 4 is 5.97 Å². The van der Waals surface area contributed by atoms with Crippen molar-refractivity contribution in [2.75, 3.05) is 20.2 Å². The van der Waals surface area contributed by atoms with Crippen molar-refractivity contribution in [2.45, 2.75) is 39.3 Å². The Morgan fingerprint density at radius 2 is 2.15 bits per heavy atom. The molecule has 0 aliphatic carbocycles. The van der Waals surface area contributed by atoms with Gasteiger partial charge in [-0.05, 0) is 45.7 Å². The van der Waals surface area contributed by atoms with Gasteiger partial charge in [0.25, 0.3) is 0 Å². The maximum absolute atomic E-state index is 11.3. The number of hydrogen-bond donors (Lipinski definition) is 1. The maximum Gasteiger partial charge on any atom is 0.334 e. The predicted molar refractivity (Wildman–Crippen MR) is 72.0 cm³/mol. The molecule has 0 bridgehead atoms. The number of piperidine rings is 1. The molecule has 0 aromatic carbocycles. The Hall–Kier alpha value is -1.40. The van der Waals surface area contributed by atoms with Crippen molar-refractivity contribution in [1.29, 1.82) is 0 Å². The first-order valence-electron chi connectivity index (χ1n) is 6.92. The van der Waals surface area contributed by atoms with Crippen molar-refractivity contribution in [3.8, 4) is 0 Å². The molecule has 1 saturated heterocycles. The largest absolute Gasteiger partial charge is 0.467 e. The zero-order chi connectivity index (χ0) is 14.7. The second-order valence-corrected chi connectivity index (χ2v) is 5.33. The third-order valence-electron chi connectivity index (χ3n) is 3.95. The lowest BCUT2D eigenvalue weighted by molar-refractivity contribution is -0.154. The molecular formula is C14H22N2O4. The van der Waals surface area contributed by atoms with Gasteiger partial charge in [-0.25, -0.2) is 9.78 Å². The summed E-state index contributed by atoms with van der Waals surface area (Å²) in [5, 5.41) is 9.83. The average molecular weight is 282 g/mol. The van der Waals surface area contributed by atoms with E-state index >= 15 is 0 Å². The van der Waals surface area contributed by atoms with Crippen LogP contribution in [0.25, 0.3) is 0 Å². The molecular weight excluding hydrogens is 260 g/mol. The van der Waals surface area contributed by atoms with Crippen LogP contribution in [0.5, 0.6) is 0 Å². The number of nitrogens with zero attached hydrogens (tertiary/aromatic N) is 2. The molecule has 1 N–H and O–H groups in total. The molecule has 1 aromatic rings. The molecule has 1 aliphatic rings. The van der Waals surface area contributed by atoms with Crippen LogP contribution in [-0.2, 0) is 16.1 Å². The molecule has 6 heteroatoms. The normalized spacial score (nSPS) is 19.0. The Morgan fingerprint density at radius 3 is 2.65 bits per heavy atom. The smallest absolute Gasteiger partial charge is 0.334 e. The summed E-state index contributed by atoms with van der Waals surface area (Å²) in [7, 11) is 1.30. The summed E-state index contributed by atoms with van der Waals surface area (Å²) in [5.74, 6) is 1.03. The zero-order valence-electron chi connectivity index (χ0n) is 12.3. The Balaban J connectivity index is 1.83. The van der Waals surface area contributed by atoms with Crippen LogP contribution in [0, 0.1) is 19.8 Å². The van der Waals surface area contributed by atoms with Crippen molar-refractivity contribution in [3.05, 3.63) is 17.3 Å². The first-order valence-corrected chi connectivity index (χ1v) is 6.92. The number of oxazole rings is 1. The molecule has 0 amide bonds. The number of ether oxygens (including phenoxy) is 1. The van der Waals surface area contributed by atoms with E-state index in [0.29, 0.717) is 6.54 Å². The third kappa shape index (κ3) is 3.37. The zero-order valence-corrected chi connectivity index (χ0v) is 12.3. The molecule has 0 radical (unpaired) electrons. The minimum absolute atomic E-state index is 0.0215. The highest BCUT2D eigenvalue weighted by molar-refractivity contribution is 5.74. The van der Waals surface area contributed by atoms with Gasteiger partial charge in [-0.15, -0.1) is 0 Å². The Labute approximate surface area is 118 Å². The molecule has 1 unspecified atom stereocenters. The van der Waals surface area contributed by atoms with E-state index in [9.17, 15) is 9.90 Å². The van der Waals surface area contributed by atoms with Crippen LogP contribution in [0.1, 0.15) is 30.2 Å². The number of aliphatic hydroxyl groups is 1. The molecule has 6 nitrogen and oxygen atoms in total. The molecule has 0 spiro atoms. The predicted octanol–water partition coefficient (Wildman–Crippen LogP) is 1.04. The fourth-order valence-electron chi connectivity index (χ4n) is 2.54. The van der Waals surface area contributed by atoms with Gasteiger partial charge in [-0.2, -0.15) is 0 Å². The number of aryl methyl sites for hydroxylation is 2. The van der Waals surface area contributed by atoms with Gasteiger partial charge in [0.05, 0.1) is 19.3 Å². The van der Waals surface area contributed by atoms with Crippen LogP contribution < -0.4 is 0 Å². The number of aromatic nitrogens is 1. The van der Waals surface area contributed by atoms with E-state index in [1.165, 1.54) is 7.11 Å². The van der Waals surface area contributed by atoms with Gasteiger partial charge in [0.1, 0.15) is 5.76 Å². The number of esters is 1. The first kappa shape index (κ1) is 15.0. The van der Waals surface area contributed by atoms with Crippen LogP contribution in [0.2, 0.25) is 0 Å². The molecule has 2 rings (SSSR count). The van der Waals surface area contributed by atoms with Gasteiger partial charge < -0.3 is 14.3 Å². The van der Waals surface area contributed by atoms with Gasteiger partial charge in [0.2, 0.25) is 5.89 Å². The Morgan fingerprint density at radius 1 is 1.50 bits per heavy atom. The van der Waals surface area contributed by atoms with Gasteiger partial charge in [-0.1, -0.05) is 0 Å². The van der Waals surface area contributed by atoms with E-state index in [2.05, 4.69) is 14.6 Å². The van der Waals surface area contributed by atoms with E-state index in [1.54, 1.807) is 0 Å². The van der Waals surface area contributed by atoms with E-state index in [1.807, 2.05) is 13.8 Å². The number of likely N-dealkylation sites (tertiary alicyclic amines) is 1. The van der Waals surface area contributed by atoms with Crippen molar-refractivity contribution in [3.63, 3.8) is 0 Å². The fourth-order valence-corrected chi connectivity index (χ4v) is 2.54. The quantitative estimate of drug-likeness (QED) is 0.832. The van der Waals surface area contributed by atoms with Crippen molar-refractivity contribution in [1.82, 2.24) is 9.88 Å². The van der Waals surface area contributed by atoms with E-state index in [-0.39, 0.29) is 5.92 Å². The summed E-state index contributed by atoms with van der Waals surface area (Å²) in [6.45, 7) is 6.15. The number of carbonyl (C=O) groups is 1. The highest BCUT2D eigenvalue weighted by Crippen LogP contribution is 2.23. The van der Waals surface area contributed by atoms with Crippen LogP contribution in [0.4, 0.5) is 0 Å². The third-order valence-corrected chi connectivity index (χ3v) is 3.95. The SMILES string of the molecule is COC(=O)C(O)C1CCN(Cc2nc(C)c(C)o2)CC1. The second kappa shape index (κ2) is 6.37. The summed E-state index contributed by atoms with van der Waals surface area (Å²) in [6, 6.07) is 0. The summed E-state index contributed by atoms with van der Waals surface area (Å²) < 4.78 is 10.1. The number of carbonyl (C=O) groups excluding carboxylic acids is 1. The van der Waals surface area contributed by atoms with Crippen LogP contribution in [0.3, 0.4) is 0 Å². The number of rotatable bonds is 4. The van der Waals surface area contributed by atoms with Crippen LogP contribution >= 0.6 is 0 Å². The van der Waals surface area contributed by atoms with Gasteiger partial charge >= 0.3 is 5.97 Å². The lowest BCUT2D eigenvalue weighted by atomic mass is 9.91. The molecule has 1 aromatic heterocycles. The molecule has 20 heavy (non-hydrogen) atoms. The minimum atomic E-state index is -1.01. The van der Waals surface area contributed by atoms with Crippen LogP contribution in [-0.4, -0.2) is 47.3 Å². The molecule has 1 fully saturated rings. The van der Waals surface area contributed by atoms with Crippen molar-refractivity contribution < 1.29 is 19.1 Å². The summed E-state index contributed by atoms with van der Waals surface area (Å²) >= 11 is 0. The second-order valence-electron chi connectivity index (χ2n) is 5.33. The summed E-state index contributed by atoms with van der Waals surface area (Å²) in [5.41, 5.74) is 0.927. The van der Waals surface area contributed by atoms with Crippen LogP contribution in [0.15, 0.2) is 4.42 Å². The fraction of sp³-hybridized carbons (Fsp3) is 0.714. The maximum atomic E-state index is 11.3. The standard InChI is InChI=1S/C14H22N2O4/c1-9-10(2)20-12(15-9)8-16-6-4-11(5-7-16)13(17)14(18)19-3/h11,13,17H,4-8H2,1-3H3. The molecule has 0 saturated carbocycles. The molecule has 1 atom stereocenters. The highest BCUT2D eigenvalue weighted by Gasteiger charge is 2.30. The van der Waals surface area contributed by atoms with Crippen molar-refractivity contribution in [2.24, 2.45) is 5.92 Å². The number of aliphatic hydroxyl groups excluding tert-OH is 1. The number of hydrogen-bond acceptors (Lipinski definition) is 6. The lowest BCUT2D eigenvalue weighted by Crippen LogP contribution is -2.40. The van der Waals surface area contributed by atoms with Gasteiger partial charge in [-0.3, -0.25) is 4.90 Å². The molecule has 1 aliphatic heterocycles. The number of methoxy groups -OCH3 is 1. The monoisotopic (exact) mass is 282 g/mol. The van der Waals surface area contributed by atoms with E-state index in [4.69, 9.17) is 4.42 Å². The Bertz CT molecular complexity index is 444. The highest BCUT2D eigenvalue weighted by atomic mass is 16.5. The molecule has 112 valence electrons. The molecule has 2 heterocycles. The Kier molecular flexibility index (Phi) is 4.77. The van der Waals surface area contributed by atoms with Gasteiger partial charge in [0.15, 0.2) is 6.10 Å². The van der Waals surface area contributed by atoms with Gasteiger partial charge in [0, 0.05) is 0 Å². The average Bonchev–Trinajstić information content (AvgIpc) is 2.76. The minimum Gasteiger partial charge on any atom is -0.467 e. The summed E-state index contributed by atoms with van der Waals surface area (Å²) in [4.78, 5) is 17.9. The topological polar surface area (TPSA) is 75.8 Å².